The lowest BCUT2D eigenvalue weighted by atomic mass is 10.3. The summed E-state index contributed by atoms with van der Waals surface area (Å²) >= 11 is 3.22. The minimum absolute atomic E-state index is 0.138. The quantitative estimate of drug-likeness (QED) is 0.631. The van der Waals surface area contributed by atoms with Crippen molar-refractivity contribution >= 4 is 40.0 Å². The van der Waals surface area contributed by atoms with Crippen molar-refractivity contribution in [3.05, 3.63) is 10.6 Å². The molecular formula is C13H18N2O3S2. The first-order valence-corrected chi connectivity index (χ1v) is 8.18. The molecule has 20 heavy (non-hydrogen) atoms. The smallest absolute Gasteiger partial charge is 0.358 e. The van der Waals surface area contributed by atoms with E-state index in [1.165, 1.54) is 25.4 Å². The summed E-state index contributed by atoms with van der Waals surface area (Å²) in [5, 5.41) is 1.74. The van der Waals surface area contributed by atoms with Crippen LogP contribution < -0.4 is 4.90 Å². The molecule has 1 aromatic rings. The fraction of sp³-hybridized carbons (Fsp3) is 0.615. The number of nitrogens with zero attached hydrogens (tertiary/aromatic N) is 2. The summed E-state index contributed by atoms with van der Waals surface area (Å²) in [7, 11) is 1.30. The Hall–Kier alpha value is -1.08. The molecule has 1 aromatic heterocycles. The normalized spacial score (nSPS) is 22.7. The van der Waals surface area contributed by atoms with Crippen LogP contribution in [0.15, 0.2) is 0 Å². The summed E-state index contributed by atoms with van der Waals surface area (Å²) in [6, 6.07) is 0. The molecule has 2 unspecified atom stereocenters. The van der Waals surface area contributed by atoms with E-state index in [1.807, 2.05) is 11.8 Å². The second-order valence-electron chi connectivity index (χ2n) is 4.88. The van der Waals surface area contributed by atoms with E-state index in [4.69, 9.17) is 4.74 Å². The second kappa shape index (κ2) is 6.13. The fourth-order valence-corrected chi connectivity index (χ4v) is 4.54. The molecule has 7 heteroatoms. The van der Waals surface area contributed by atoms with Gasteiger partial charge < -0.3 is 9.64 Å². The highest BCUT2D eigenvalue weighted by Gasteiger charge is 2.28. The van der Waals surface area contributed by atoms with E-state index in [0.717, 1.165) is 18.2 Å². The maximum Gasteiger partial charge on any atom is 0.358 e. The molecule has 0 aromatic carbocycles. The number of hydrogen-bond donors (Lipinski definition) is 0. The van der Waals surface area contributed by atoms with Gasteiger partial charge >= 0.3 is 5.97 Å². The van der Waals surface area contributed by atoms with Crippen molar-refractivity contribution in [3.63, 3.8) is 0 Å². The van der Waals surface area contributed by atoms with Crippen molar-refractivity contribution in [1.82, 2.24) is 4.98 Å². The Balaban J connectivity index is 2.33. The van der Waals surface area contributed by atoms with E-state index in [0.29, 0.717) is 15.4 Å². The van der Waals surface area contributed by atoms with E-state index in [1.54, 1.807) is 0 Å². The van der Waals surface area contributed by atoms with Gasteiger partial charge in [0.25, 0.3) is 0 Å². The summed E-state index contributed by atoms with van der Waals surface area (Å²) in [6.45, 7) is 7.55. The van der Waals surface area contributed by atoms with Crippen LogP contribution in [-0.2, 0) is 4.74 Å². The highest BCUT2D eigenvalue weighted by molar-refractivity contribution is 8.00. The van der Waals surface area contributed by atoms with Crippen LogP contribution in [0.1, 0.15) is 40.9 Å². The highest BCUT2D eigenvalue weighted by atomic mass is 32.2. The number of thioether (sulfide) groups is 1. The Morgan fingerprint density at radius 1 is 1.30 bits per heavy atom. The number of Topliss-reactive ketones (excluding diaryl/α,β-unsaturated/α-hetero) is 1. The molecule has 5 nitrogen and oxygen atoms in total. The van der Waals surface area contributed by atoms with Gasteiger partial charge in [-0.3, -0.25) is 4.79 Å². The SMILES string of the molecule is COC(=O)c1nc(N2CC(C)SC(C)C2)sc1C(C)=O. The summed E-state index contributed by atoms with van der Waals surface area (Å²) in [5.41, 5.74) is 0.138. The first kappa shape index (κ1) is 15.3. The molecular weight excluding hydrogens is 296 g/mol. The van der Waals surface area contributed by atoms with Crippen LogP contribution in [0.25, 0.3) is 0 Å². The van der Waals surface area contributed by atoms with Crippen molar-refractivity contribution in [2.24, 2.45) is 0 Å². The Morgan fingerprint density at radius 2 is 1.90 bits per heavy atom. The summed E-state index contributed by atoms with van der Waals surface area (Å²) < 4.78 is 4.70. The first-order valence-electron chi connectivity index (χ1n) is 6.42. The molecule has 110 valence electrons. The van der Waals surface area contributed by atoms with Crippen LogP contribution in [0.4, 0.5) is 5.13 Å². The molecule has 0 N–H and O–H groups in total. The molecule has 0 amide bonds. The third kappa shape index (κ3) is 3.15. The molecule has 0 spiro atoms. The van der Waals surface area contributed by atoms with Gasteiger partial charge in [-0.05, 0) is 0 Å². The maximum atomic E-state index is 11.7. The monoisotopic (exact) mass is 314 g/mol. The fourth-order valence-electron chi connectivity index (χ4n) is 2.25. The number of anilines is 1. The highest BCUT2D eigenvalue weighted by Crippen LogP contribution is 2.33. The zero-order valence-electron chi connectivity index (χ0n) is 12.0. The lowest BCUT2D eigenvalue weighted by Gasteiger charge is -2.34. The van der Waals surface area contributed by atoms with Crippen LogP contribution in [0.3, 0.4) is 0 Å². The molecule has 1 fully saturated rings. The predicted octanol–water partition coefficient (Wildman–Crippen LogP) is 2.46. The Morgan fingerprint density at radius 3 is 2.40 bits per heavy atom. The number of rotatable bonds is 3. The largest absolute Gasteiger partial charge is 0.464 e. The second-order valence-corrected chi connectivity index (χ2v) is 7.74. The molecule has 1 saturated heterocycles. The topological polar surface area (TPSA) is 59.5 Å². The molecule has 0 radical (unpaired) electrons. The standard InChI is InChI=1S/C13H18N2O3S2/c1-7-5-15(6-8(2)19-7)13-14-10(12(17)18-4)11(20-13)9(3)16/h7-8H,5-6H2,1-4H3. The molecule has 0 saturated carbocycles. The number of carbonyl (C=O) groups is 2. The van der Waals surface area contributed by atoms with Crippen LogP contribution in [0.2, 0.25) is 0 Å². The average Bonchev–Trinajstić information content (AvgIpc) is 2.81. The Kier molecular flexibility index (Phi) is 4.70. The van der Waals surface area contributed by atoms with Crippen molar-refractivity contribution in [2.75, 3.05) is 25.1 Å². The minimum atomic E-state index is -0.551. The van der Waals surface area contributed by atoms with Crippen LogP contribution >= 0.6 is 23.1 Å². The molecule has 2 atom stereocenters. The van der Waals surface area contributed by atoms with Crippen LogP contribution in [-0.4, -0.2) is 47.4 Å². The van der Waals surface area contributed by atoms with E-state index in [-0.39, 0.29) is 11.5 Å². The lowest BCUT2D eigenvalue weighted by Crippen LogP contribution is -2.40. The number of methoxy groups -OCH3 is 1. The average molecular weight is 314 g/mol. The number of carbonyl (C=O) groups excluding carboxylic acids is 2. The van der Waals surface area contributed by atoms with Gasteiger partial charge in [0.15, 0.2) is 16.6 Å². The summed E-state index contributed by atoms with van der Waals surface area (Å²) in [6.07, 6.45) is 0. The Labute approximate surface area is 126 Å². The van der Waals surface area contributed by atoms with Gasteiger partial charge in [-0.25, -0.2) is 9.78 Å². The number of ether oxygens (including phenoxy) is 1. The van der Waals surface area contributed by atoms with Crippen molar-refractivity contribution in [1.29, 1.82) is 0 Å². The van der Waals surface area contributed by atoms with Gasteiger partial charge in [0.1, 0.15) is 4.88 Å². The number of thiazole rings is 1. The van der Waals surface area contributed by atoms with Gasteiger partial charge in [-0.15, -0.1) is 0 Å². The van der Waals surface area contributed by atoms with E-state index >= 15 is 0 Å². The summed E-state index contributed by atoms with van der Waals surface area (Å²) in [5.74, 6) is -0.702. The first-order chi connectivity index (χ1) is 9.42. The van der Waals surface area contributed by atoms with E-state index < -0.39 is 5.97 Å². The number of aromatic nitrogens is 1. The van der Waals surface area contributed by atoms with Crippen molar-refractivity contribution in [3.8, 4) is 0 Å². The molecule has 2 heterocycles. The lowest BCUT2D eigenvalue weighted by molar-refractivity contribution is 0.0591. The number of hydrogen-bond acceptors (Lipinski definition) is 7. The third-order valence-electron chi connectivity index (χ3n) is 3.00. The zero-order chi connectivity index (χ0) is 14.9. The van der Waals surface area contributed by atoms with Crippen molar-refractivity contribution in [2.45, 2.75) is 31.3 Å². The van der Waals surface area contributed by atoms with Gasteiger partial charge in [-0.2, -0.15) is 11.8 Å². The summed E-state index contributed by atoms with van der Waals surface area (Å²) in [4.78, 5) is 30.2. The molecule has 2 rings (SSSR count). The molecule has 1 aliphatic heterocycles. The number of ketones is 1. The molecule has 0 aliphatic carbocycles. The minimum Gasteiger partial charge on any atom is -0.464 e. The molecule has 0 bridgehead atoms. The van der Waals surface area contributed by atoms with Gasteiger partial charge in [0.2, 0.25) is 0 Å². The van der Waals surface area contributed by atoms with Crippen molar-refractivity contribution < 1.29 is 14.3 Å². The van der Waals surface area contributed by atoms with Gasteiger partial charge in [0, 0.05) is 30.5 Å². The van der Waals surface area contributed by atoms with E-state index in [2.05, 4.69) is 23.7 Å². The Bertz CT molecular complexity index is 520. The van der Waals surface area contributed by atoms with E-state index in [9.17, 15) is 9.59 Å². The van der Waals surface area contributed by atoms with Gasteiger partial charge in [-0.1, -0.05) is 25.2 Å². The zero-order valence-corrected chi connectivity index (χ0v) is 13.6. The van der Waals surface area contributed by atoms with Crippen LogP contribution in [0.5, 0.6) is 0 Å². The third-order valence-corrected chi connectivity index (χ3v) is 5.45. The number of esters is 1. The molecule has 1 aliphatic rings. The van der Waals surface area contributed by atoms with Crippen LogP contribution in [0, 0.1) is 0 Å². The predicted molar refractivity (Wildman–Crippen MR) is 82.2 cm³/mol. The van der Waals surface area contributed by atoms with Gasteiger partial charge in [0.05, 0.1) is 7.11 Å². The maximum absolute atomic E-state index is 11.7.